The van der Waals surface area contributed by atoms with Gasteiger partial charge in [0, 0.05) is 11.5 Å². The molecule has 0 radical (unpaired) electrons. The van der Waals surface area contributed by atoms with E-state index in [-0.39, 0.29) is 16.7 Å². The Morgan fingerprint density at radius 1 is 1.14 bits per heavy atom. The van der Waals surface area contributed by atoms with Gasteiger partial charge in [-0.3, -0.25) is 0 Å². The monoisotopic (exact) mass is 323 g/mol. The Kier molecular flexibility index (Phi) is 3.76. The van der Waals surface area contributed by atoms with Gasteiger partial charge in [-0.1, -0.05) is 0 Å². The number of H-pyrrole nitrogens is 1. The van der Waals surface area contributed by atoms with Gasteiger partial charge in [0.25, 0.3) is 0 Å². The zero-order valence-electron chi connectivity index (χ0n) is 11.3. The van der Waals surface area contributed by atoms with Crippen molar-refractivity contribution >= 4 is 16.9 Å². The molecule has 0 aliphatic rings. The highest BCUT2D eigenvalue weighted by Gasteiger charge is 2.61. The number of aromatic nitrogens is 1. The van der Waals surface area contributed by atoms with Gasteiger partial charge in [-0.05, 0) is 12.1 Å². The summed E-state index contributed by atoms with van der Waals surface area (Å²) in [4.78, 5) is 13.6. The first kappa shape index (κ1) is 16.1. The van der Waals surface area contributed by atoms with Crippen LogP contribution in [0.2, 0.25) is 0 Å². The zero-order valence-corrected chi connectivity index (χ0v) is 11.3. The number of aromatic amines is 1. The van der Waals surface area contributed by atoms with Gasteiger partial charge in [0.1, 0.15) is 11.4 Å². The maximum absolute atomic E-state index is 13.6. The van der Waals surface area contributed by atoms with Crippen molar-refractivity contribution in [3.05, 3.63) is 29.5 Å². The summed E-state index contributed by atoms with van der Waals surface area (Å²) < 4.78 is 74.3. The summed E-state index contributed by atoms with van der Waals surface area (Å²) in [6, 6.07) is 3.74. The number of ether oxygens (including phenoxy) is 2. The molecule has 0 aliphatic carbocycles. The van der Waals surface area contributed by atoms with Gasteiger partial charge in [-0.15, -0.1) is 0 Å². The van der Waals surface area contributed by atoms with Gasteiger partial charge in [0.05, 0.1) is 25.3 Å². The maximum Gasteiger partial charge on any atom is 0.459 e. The summed E-state index contributed by atoms with van der Waals surface area (Å²) in [7, 11) is 2.19. The van der Waals surface area contributed by atoms with E-state index in [1.807, 2.05) is 4.98 Å². The summed E-state index contributed by atoms with van der Waals surface area (Å²) >= 11 is 0. The molecule has 120 valence electrons. The number of halogens is 5. The molecule has 0 bridgehead atoms. The van der Waals surface area contributed by atoms with Crippen LogP contribution in [0.25, 0.3) is 10.9 Å². The van der Waals surface area contributed by atoms with Crippen molar-refractivity contribution in [1.82, 2.24) is 4.98 Å². The summed E-state index contributed by atoms with van der Waals surface area (Å²) in [5, 5.41) is -0.119. The highest BCUT2D eigenvalue weighted by atomic mass is 19.4. The lowest BCUT2D eigenvalue weighted by Gasteiger charge is -2.19. The first-order valence-corrected chi connectivity index (χ1v) is 5.86. The molecule has 1 aromatic heterocycles. The van der Waals surface area contributed by atoms with Crippen molar-refractivity contribution in [3.8, 4) is 5.75 Å². The SMILES string of the molecule is COC(=O)c1c(C(F)(F)C(F)(F)F)[nH]c2cc(OC)ccc12. The minimum absolute atomic E-state index is 0.0984. The Balaban J connectivity index is 2.80. The van der Waals surface area contributed by atoms with Gasteiger partial charge < -0.3 is 14.5 Å². The second-order valence-electron chi connectivity index (χ2n) is 4.35. The van der Waals surface area contributed by atoms with Crippen molar-refractivity contribution in [1.29, 1.82) is 0 Å². The van der Waals surface area contributed by atoms with Crippen LogP contribution in [0.3, 0.4) is 0 Å². The highest BCUT2D eigenvalue weighted by Crippen LogP contribution is 2.46. The lowest BCUT2D eigenvalue weighted by Crippen LogP contribution is -2.35. The van der Waals surface area contributed by atoms with Gasteiger partial charge in [0.15, 0.2) is 0 Å². The van der Waals surface area contributed by atoms with Crippen molar-refractivity contribution in [3.63, 3.8) is 0 Å². The molecule has 9 heteroatoms. The van der Waals surface area contributed by atoms with E-state index in [1.54, 1.807) is 0 Å². The number of esters is 1. The quantitative estimate of drug-likeness (QED) is 0.693. The van der Waals surface area contributed by atoms with Gasteiger partial charge in [0.2, 0.25) is 0 Å². The molecular weight excluding hydrogens is 313 g/mol. The van der Waals surface area contributed by atoms with Gasteiger partial charge in [-0.25, -0.2) is 4.79 Å². The smallest absolute Gasteiger partial charge is 0.459 e. The standard InChI is InChI=1S/C13H10F5NO3/c1-21-6-3-4-7-8(5-6)19-10(9(7)11(20)22-2)12(14,15)13(16,17)18/h3-5,19H,1-2H3. The van der Waals surface area contributed by atoms with Crippen LogP contribution in [-0.4, -0.2) is 31.3 Å². The maximum atomic E-state index is 13.6. The average molecular weight is 323 g/mol. The molecule has 0 spiro atoms. The molecule has 0 aliphatic heterocycles. The van der Waals surface area contributed by atoms with E-state index in [1.165, 1.54) is 25.3 Å². The molecule has 1 heterocycles. The molecule has 4 nitrogen and oxygen atoms in total. The molecule has 1 aromatic carbocycles. The van der Waals surface area contributed by atoms with E-state index in [4.69, 9.17) is 4.74 Å². The predicted molar refractivity (Wildman–Crippen MR) is 66.1 cm³/mol. The number of hydrogen-bond acceptors (Lipinski definition) is 3. The van der Waals surface area contributed by atoms with E-state index < -0.39 is 29.3 Å². The Morgan fingerprint density at radius 3 is 2.27 bits per heavy atom. The first-order chi connectivity index (χ1) is 10.1. The van der Waals surface area contributed by atoms with Crippen molar-refractivity contribution in [2.24, 2.45) is 0 Å². The lowest BCUT2D eigenvalue weighted by atomic mass is 10.1. The number of methoxy groups -OCH3 is 2. The van der Waals surface area contributed by atoms with Crippen LogP contribution in [0, 0.1) is 0 Å². The van der Waals surface area contributed by atoms with E-state index in [0.29, 0.717) is 0 Å². The van der Waals surface area contributed by atoms with Crippen molar-refractivity contribution < 1.29 is 36.2 Å². The lowest BCUT2D eigenvalue weighted by molar-refractivity contribution is -0.290. The largest absolute Gasteiger partial charge is 0.497 e. The van der Waals surface area contributed by atoms with E-state index in [2.05, 4.69) is 4.74 Å². The molecule has 0 fully saturated rings. The number of carbonyl (C=O) groups is 1. The van der Waals surface area contributed by atoms with Crippen LogP contribution in [0.5, 0.6) is 5.75 Å². The number of nitrogens with one attached hydrogen (secondary N) is 1. The van der Waals surface area contributed by atoms with Crippen LogP contribution in [0.1, 0.15) is 16.1 Å². The fourth-order valence-corrected chi connectivity index (χ4v) is 1.99. The summed E-state index contributed by atoms with van der Waals surface area (Å²) in [5.41, 5.74) is -2.52. The fraction of sp³-hybridized carbons (Fsp3) is 0.308. The number of fused-ring (bicyclic) bond motifs is 1. The molecular formula is C13H10F5NO3. The third kappa shape index (κ3) is 2.36. The van der Waals surface area contributed by atoms with Crippen LogP contribution in [0.4, 0.5) is 22.0 Å². The molecule has 1 N–H and O–H groups in total. The number of alkyl halides is 5. The molecule has 0 atom stereocenters. The van der Waals surface area contributed by atoms with Crippen LogP contribution >= 0.6 is 0 Å². The molecule has 0 amide bonds. The van der Waals surface area contributed by atoms with Crippen LogP contribution in [-0.2, 0) is 10.7 Å². The van der Waals surface area contributed by atoms with E-state index in [9.17, 15) is 26.7 Å². The second-order valence-corrected chi connectivity index (χ2v) is 4.35. The van der Waals surface area contributed by atoms with Crippen LogP contribution in [0.15, 0.2) is 18.2 Å². The van der Waals surface area contributed by atoms with Crippen molar-refractivity contribution in [2.45, 2.75) is 12.1 Å². The second kappa shape index (κ2) is 5.15. The van der Waals surface area contributed by atoms with E-state index >= 15 is 0 Å². The molecule has 22 heavy (non-hydrogen) atoms. The predicted octanol–water partition coefficient (Wildman–Crippen LogP) is 3.62. The Morgan fingerprint density at radius 2 is 1.77 bits per heavy atom. The Labute approximate surface area is 120 Å². The third-order valence-corrected chi connectivity index (χ3v) is 3.07. The molecule has 2 rings (SSSR count). The third-order valence-electron chi connectivity index (χ3n) is 3.07. The number of carbonyl (C=O) groups excluding carboxylic acids is 1. The fourth-order valence-electron chi connectivity index (χ4n) is 1.99. The van der Waals surface area contributed by atoms with Gasteiger partial charge >= 0.3 is 18.1 Å². The normalized spacial score (nSPS) is 12.5. The van der Waals surface area contributed by atoms with E-state index in [0.717, 1.165) is 7.11 Å². The Hall–Kier alpha value is -2.32. The molecule has 0 saturated carbocycles. The topological polar surface area (TPSA) is 51.3 Å². The molecule has 0 unspecified atom stereocenters. The minimum atomic E-state index is -5.86. The number of benzene rings is 1. The minimum Gasteiger partial charge on any atom is -0.497 e. The van der Waals surface area contributed by atoms with Crippen LogP contribution < -0.4 is 4.74 Å². The van der Waals surface area contributed by atoms with Crippen molar-refractivity contribution in [2.75, 3.05) is 14.2 Å². The summed E-state index contributed by atoms with van der Waals surface area (Å²) in [6.45, 7) is 0. The molecule has 0 saturated heterocycles. The highest BCUT2D eigenvalue weighted by molar-refractivity contribution is 6.06. The number of rotatable bonds is 3. The number of hydrogen-bond donors (Lipinski definition) is 1. The summed E-state index contributed by atoms with van der Waals surface area (Å²) in [5.74, 6) is -6.30. The average Bonchev–Trinajstić information content (AvgIpc) is 2.84. The zero-order chi connectivity index (χ0) is 16.7. The first-order valence-electron chi connectivity index (χ1n) is 5.86. The van der Waals surface area contributed by atoms with Gasteiger partial charge in [-0.2, -0.15) is 22.0 Å². The summed E-state index contributed by atoms with van der Waals surface area (Å²) in [6.07, 6.45) is -5.86. The Bertz CT molecular complexity index is 720. The molecule has 2 aromatic rings.